The third-order valence-corrected chi connectivity index (χ3v) is 2.86. The molecule has 1 rings (SSSR count). The van der Waals surface area contributed by atoms with Gasteiger partial charge in [-0.05, 0) is 31.4 Å². The van der Waals surface area contributed by atoms with Crippen LogP contribution in [0.2, 0.25) is 0 Å². The Morgan fingerprint density at radius 3 is 2.42 bits per heavy atom. The molecule has 0 heterocycles. The first kappa shape index (κ1) is 15.3. The van der Waals surface area contributed by atoms with Gasteiger partial charge in [0.25, 0.3) is 5.91 Å². The van der Waals surface area contributed by atoms with Gasteiger partial charge in [0.15, 0.2) is 0 Å². The molecule has 0 bridgehead atoms. The molecule has 0 unspecified atom stereocenters. The van der Waals surface area contributed by atoms with E-state index in [-0.39, 0.29) is 11.9 Å². The lowest BCUT2D eigenvalue weighted by atomic mass is 10.0. The summed E-state index contributed by atoms with van der Waals surface area (Å²) >= 11 is 0. The van der Waals surface area contributed by atoms with Crippen LogP contribution in [0, 0.1) is 5.92 Å². The summed E-state index contributed by atoms with van der Waals surface area (Å²) in [5, 5.41) is 2.98. The van der Waals surface area contributed by atoms with E-state index in [1.165, 1.54) is 0 Å². The van der Waals surface area contributed by atoms with Gasteiger partial charge in [-0.25, -0.2) is 0 Å². The van der Waals surface area contributed by atoms with Crippen molar-refractivity contribution in [3.63, 3.8) is 0 Å². The molecule has 0 aromatic heterocycles. The van der Waals surface area contributed by atoms with Gasteiger partial charge in [0.2, 0.25) is 0 Å². The molecule has 1 amide bonds. The third kappa shape index (κ3) is 4.47. The van der Waals surface area contributed by atoms with Crippen LogP contribution in [0.5, 0.6) is 11.5 Å². The van der Waals surface area contributed by atoms with Crippen LogP contribution >= 0.6 is 0 Å². The van der Waals surface area contributed by atoms with Gasteiger partial charge in [-0.15, -0.1) is 0 Å². The zero-order valence-electron chi connectivity index (χ0n) is 12.3. The normalized spacial score (nSPS) is 12.1. The van der Waals surface area contributed by atoms with Crippen LogP contribution in [0.3, 0.4) is 0 Å². The SMILES string of the molecule is COc1ccc(C(=O)N[C@@H](C)CC(C)C)c(OC)c1. The van der Waals surface area contributed by atoms with Crippen LogP contribution < -0.4 is 14.8 Å². The Labute approximate surface area is 115 Å². The van der Waals surface area contributed by atoms with Crippen LogP contribution in [0.15, 0.2) is 18.2 Å². The molecule has 0 aliphatic carbocycles. The molecule has 19 heavy (non-hydrogen) atoms. The van der Waals surface area contributed by atoms with Gasteiger partial charge in [0.05, 0.1) is 19.8 Å². The fraction of sp³-hybridized carbons (Fsp3) is 0.533. The summed E-state index contributed by atoms with van der Waals surface area (Å²) in [6, 6.07) is 5.32. The van der Waals surface area contributed by atoms with Gasteiger partial charge in [-0.3, -0.25) is 4.79 Å². The van der Waals surface area contributed by atoms with E-state index in [4.69, 9.17) is 9.47 Å². The molecular formula is C15H23NO3. The maximum absolute atomic E-state index is 12.2. The van der Waals surface area contributed by atoms with Crippen molar-refractivity contribution in [1.82, 2.24) is 5.32 Å². The van der Waals surface area contributed by atoms with Crippen molar-refractivity contribution in [3.05, 3.63) is 23.8 Å². The Morgan fingerprint density at radius 1 is 1.21 bits per heavy atom. The Balaban J connectivity index is 2.81. The van der Waals surface area contributed by atoms with E-state index in [9.17, 15) is 4.79 Å². The molecule has 106 valence electrons. The topological polar surface area (TPSA) is 47.6 Å². The Bertz CT molecular complexity index is 429. The van der Waals surface area contributed by atoms with Crippen molar-refractivity contribution in [2.24, 2.45) is 5.92 Å². The Hall–Kier alpha value is -1.71. The molecule has 4 heteroatoms. The number of methoxy groups -OCH3 is 2. The van der Waals surface area contributed by atoms with E-state index in [1.54, 1.807) is 32.4 Å². The third-order valence-electron chi connectivity index (χ3n) is 2.86. The number of benzene rings is 1. The van der Waals surface area contributed by atoms with Gasteiger partial charge in [0, 0.05) is 12.1 Å². The minimum absolute atomic E-state index is 0.118. The minimum Gasteiger partial charge on any atom is -0.497 e. The highest BCUT2D eigenvalue weighted by Crippen LogP contribution is 2.24. The largest absolute Gasteiger partial charge is 0.497 e. The average Bonchev–Trinajstić information content (AvgIpc) is 2.36. The molecule has 0 saturated heterocycles. The molecule has 4 nitrogen and oxygen atoms in total. The molecule has 0 fully saturated rings. The van der Waals surface area contributed by atoms with E-state index in [0.717, 1.165) is 6.42 Å². The number of rotatable bonds is 6. The van der Waals surface area contributed by atoms with E-state index >= 15 is 0 Å². The number of amides is 1. The van der Waals surface area contributed by atoms with Crippen LogP contribution in [0.25, 0.3) is 0 Å². The van der Waals surface area contributed by atoms with Gasteiger partial charge < -0.3 is 14.8 Å². The first-order valence-electron chi connectivity index (χ1n) is 6.50. The summed E-state index contributed by atoms with van der Waals surface area (Å²) in [5.41, 5.74) is 0.527. The average molecular weight is 265 g/mol. The van der Waals surface area contributed by atoms with Gasteiger partial charge in [0.1, 0.15) is 11.5 Å². The zero-order valence-corrected chi connectivity index (χ0v) is 12.3. The van der Waals surface area contributed by atoms with Gasteiger partial charge in [-0.1, -0.05) is 13.8 Å². The fourth-order valence-electron chi connectivity index (χ4n) is 2.05. The monoisotopic (exact) mass is 265 g/mol. The van der Waals surface area contributed by atoms with Crippen LogP contribution in [0.4, 0.5) is 0 Å². The number of hydrogen-bond donors (Lipinski definition) is 1. The predicted octanol–water partition coefficient (Wildman–Crippen LogP) is 2.87. The van der Waals surface area contributed by atoms with Gasteiger partial charge >= 0.3 is 0 Å². The summed E-state index contributed by atoms with van der Waals surface area (Å²) in [6.45, 7) is 6.28. The summed E-state index contributed by atoms with van der Waals surface area (Å²) < 4.78 is 10.3. The molecule has 0 aliphatic heterocycles. The number of hydrogen-bond acceptors (Lipinski definition) is 3. The van der Waals surface area contributed by atoms with Crippen molar-refractivity contribution in [2.75, 3.05) is 14.2 Å². The highest BCUT2D eigenvalue weighted by molar-refractivity contribution is 5.97. The van der Waals surface area contributed by atoms with Crippen LogP contribution in [-0.4, -0.2) is 26.2 Å². The second-order valence-corrected chi connectivity index (χ2v) is 5.07. The molecule has 1 N–H and O–H groups in total. The highest BCUT2D eigenvalue weighted by atomic mass is 16.5. The highest BCUT2D eigenvalue weighted by Gasteiger charge is 2.15. The second-order valence-electron chi connectivity index (χ2n) is 5.07. The van der Waals surface area contributed by atoms with Crippen molar-refractivity contribution in [1.29, 1.82) is 0 Å². The van der Waals surface area contributed by atoms with Crippen LogP contribution in [0.1, 0.15) is 37.6 Å². The van der Waals surface area contributed by atoms with E-state index in [1.807, 2.05) is 6.92 Å². The predicted molar refractivity (Wildman–Crippen MR) is 75.9 cm³/mol. The number of carbonyl (C=O) groups excluding carboxylic acids is 1. The molecule has 1 aromatic rings. The maximum atomic E-state index is 12.2. The lowest BCUT2D eigenvalue weighted by molar-refractivity contribution is 0.0933. The van der Waals surface area contributed by atoms with E-state index < -0.39 is 0 Å². The number of carbonyl (C=O) groups is 1. The molecule has 1 aromatic carbocycles. The molecular weight excluding hydrogens is 242 g/mol. The van der Waals surface area contributed by atoms with Crippen LogP contribution in [-0.2, 0) is 0 Å². The number of nitrogens with one attached hydrogen (secondary N) is 1. The summed E-state index contributed by atoms with van der Waals surface area (Å²) in [7, 11) is 3.13. The van der Waals surface area contributed by atoms with Crippen molar-refractivity contribution in [2.45, 2.75) is 33.2 Å². The molecule has 0 aliphatic rings. The summed E-state index contributed by atoms with van der Waals surface area (Å²) in [5.74, 6) is 1.62. The lowest BCUT2D eigenvalue weighted by Crippen LogP contribution is -2.33. The Morgan fingerprint density at radius 2 is 1.89 bits per heavy atom. The van der Waals surface area contributed by atoms with E-state index in [2.05, 4.69) is 19.2 Å². The maximum Gasteiger partial charge on any atom is 0.255 e. The minimum atomic E-state index is -0.118. The van der Waals surface area contributed by atoms with Crippen molar-refractivity contribution in [3.8, 4) is 11.5 Å². The standard InChI is InChI=1S/C15H23NO3/c1-10(2)8-11(3)16-15(17)13-7-6-12(18-4)9-14(13)19-5/h6-7,9-11H,8H2,1-5H3,(H,16,17)/t11-/m0/s1. The summed E-state index contributed by atoms with van der Waals surface area (Å²) in [4.78, 5) is 12.2. The second kappa shape index (κ2) is 7.02. The van der Waals surface area contributed by atoms with Crippen molar-refractivity contribution >= 4 is 5.91 Å². The van der Waals surface area contributed by atoms with Crippen molar-refractivity contribution < 1.29 is 14.3 Å². The first-order valence-corrected chi connectivity index (χ1v) is 6.50. The lowest BCUT2D eigenvalue weighted by Gasteiger charge is -2.17. The molecule has 0 spiro atoms. The number of ether oxygens (including phenoxy) is 2. The van der Waals surface area contributed by atoms with Gasteiger partial charge in [-0.2, -0.15) is 0 Å². The smallest absolute Gasteiger partial charge is 0.255 e. The summed E-state index contributed by atoms with van der Waals surface area (Å²) in [6.07, 6.45) is 0.949. The van der Waals surface area contributed by atoms with E-state index in [0.29, 0.717) is 23.0 Å². The quantitative estimate of drug-likeness (QED) is 0.860. The molecule has 1 atom stereocenters. The zero-order chi connectivity index (χ0) is 14.4. The molecule has 0 radical (unpaired) electrons. The molecule has 0 saturated carbocycles. The fourth-order valence-corrected chi connectivity index (χ4v) is 2.05. The Kier molecular flexibility index (Phi) is 5.67. The first-order chi connectivity index (χ1) is 8.97.